The van der Waals surface area contributed by atoms with Crippen molar-refractivity contribution in [3.8, 4) is 0 Å². The van der Waals surface area contributed by atoms with Crippen LogP contribution in [0, 0.1) is 11.6 Å². The summed E-state index contributed by atoms with van der Waals surface area (Å²) >= 11 is 3.36. The second-order valence-corrected chi connectivity index (χ2v) is 6.30. The number of rotatable bonds is 2. The van der Waals surface area contributed by atoms with E-state index in [1.165, 1.54) is 6.07 Å². The van der Waals surface area contributed by atoms with E-state index in [1.54, 1.807) is 23.1 Å². The molecular formula is C17H15BrF2N2O. The van der Waals surface area contributed by atoms with Gasteiger partial charge in [-0.1, -0.05) is 22.0 Å². The van der Waals surface area contributed by atoms with Crippen LogP contribution in [0.3, 0.4) is 0 Å². The predicted octanol–water partition coefficient (Wildman–Crippen LogP) is 3.69. The lowest BCUT2D eigenvalue weighted by Gasteiger charge is -2.36. The number of anilines is 1. The molecule has 23 heavy (non-hydrogen) atoms. The fraction of sp³-hybridized carbons (Fsp3) is 0.235. The van der Waals surface area contributed by atoms with E-state index in [4.69, 9.17) is 0 Å². The molecule has 3 rings (SSSR count). The first-order chi connectivity index (χ1) is 11.0. The van der Waals surface area contributed by atoms with Gasteiger partial charge in [-0.3, -0.25) is 4.79 Å². The zero-order chi connectivity index (χ0) is 16.4. The number of amides is 1. The van der Waals surface area contributed by atoms with E-state index in [-0.39, 0.29) is 5.91 Å². The molecule has 2 aromatic rings. The highest BCUT2D eigenvalue weighted by Crippen LogP contribution is 2.20. The lowest BCUT2D eigenvalue weighted by Crippen LogP contribution is -2.48. The highest BCUT2D eigenvalue weighted by molar-refractivity contribution is 9.10. The molecule has 1 saturated heterocycles. The summed E-state index contributed by atoms with van der Waals surface area (Å²) in [6, 6.07) is 11.2. The molecule has 0 saturated carbocycles. The minimum atomic E-state index is -0.852. The van der Waals surface area contributed by atoms with E-state index in [2.05, 4.69) is 15.9 Å². The SMILES string of the molecule is O=C(c1cccc(Br)c1)N1CCN(c2ccc(F)c(F)c2)CC1. The number of nitrogens with zero attached hydrogens (tertiary/aromatic N) is 2. The highest BCUT2D eigenvalue weighted by atomic mass is 79.9. The molecule has 0 unspecified atom stereocenters. The van der Waals surface area contributed by atoms with Crippen LogP contribution < -0.4 is 4.90 Å². The molecule has 1 heterocycles. The molecule has 0 aromatic heterocycles. The van der Waals surface area contributed by atoms with Crippen LogP contribution in [0.25, 0.3) is 0 Å². The standard InChI is InChI=1S/C17H15BrF2N2O/c18-13-3-1-2-12(10-13)17(23)22-8-6-21(7-9-22)14-4-5-15(19)16(20)11-14/h1-5,10-11H,6-9H2. The fourth-order valence-corrected chi connectivity index (χ4v) is 3.05. The summed E-state index contributed by atoms with van der Waals surface area (Å²) in [6.45, 7) is 2.27. The number of carbonyl (C=O) groups is 1. The third-order valence-corrected chi connectivity index (χ3v) is 4.40. The Morgan fingerprint density at radius 1 is 0.957 bits per heavy atom. The van der Waals surface area contributed by atoms with Crippen molar-refractivity contribution in [3.05, 3.63) is 64.1 Å². The molecule has 0 atom stereocenters. The largest absolute Gasteiger partial charge is 0.368 e. The molecule has 0 bridgehead atoms. The molecule has 1 aliphatic heterocycles. The molecule has 3 nitrogen and oxygen atoms in total. The molecule has 120 valence electrons. The van der Waals surface area contributed by atoms with Crippen molar-refractivity contribution in [2.45, 2.75) is 0 Å². The van der Waals surface area contributed by atoms with Gasteiger partial charge in [-0.05, 0) is 30.3 Å². The van der Waals surface area contributed by atoms with Crippen LogP contribution in [-0.2, 0) is 0 Å². The maximum absolute atomic E-state index is 13.3. The second-order valence-electron chi connectivity index (χ2n) is 5.39. The van der Waals surface area contributed by atoms with Crippen LogP contribution in [0.2, 0.25) is 0 Å². The molecule has 0 radical (unpaired) electrons. The summed E-state index contributed by atoms with van der Waals surface area (Å²) in [4.78, 5) is 16.2. The summed E-state index contributed by atoms with van der Waals surface area (Å²) in [5.74, 6) is -1.72. The number of hydrogen-bond donors (Lipinski definition) is 0. The molecule has 1 amide bonds. The van der Waals surface area contributed by atoms with Crippen LogP contribution in [-0.4, -0.2) is 37.0 Å². The smallest absolute Gasteiger partial charge is 0.254 e. The van der Waals surface area contributed by atoms with Crippen LogP contribution in [0.15, 0.2) is 46.9 Å². The quantitative estimate of drug-likeness (QED) is 0.792. The summed E-state index contributed by atoms with van der Waals surface area (Å²) in [6.07, 6.45) is 0. The fourth-order valence-electron chi connectivity index (χ4n) is 2.65. The maximum atomic E-state index is 13.3. The molecule has 2 aromatic carbocycles. The van der Waals surface area contributed by atoms with Gasteiger partial charge in [-0.2, -0.15) is 0 Å². The summed E-state index contributed by atoms with van der Waals surface area (Å²) in [5.41, 5.74) is 1.28. The molecule has 1 fully saturated rings. The number of halogens is 3. The van der Waals surface area contributed by atoms with Gasteiger partial charge in [-0.25, -0.2) is 8.78 Å². The molecule has 0 spiro atoms. The van der Waals surface area contributed by atoms with Crippen molar-refractivity contribution < 1.29 is 13.6 Å². The van der Waals surface area contributed by atoms with E-state index in [1.807, 2.05) is 17.0 Å². The van der Waals surface area contributed by atoms with Gasteiger partial charge in [0.05, 0.1) is 0 Å². The Labute approximate surface area is 141 Å². The highest BCUT2D eigenvalue weighted by Gasteiger charge is 2.22. The number of benzene rings is 2. The Morgan fingerprint density at radius 3 is 2.35 bits per heavy atom. The summed E-state index contributed by atoms with van der Waals surface area (Å²) in [7, 11) is 0. The first kappa shape index (κ1) is 15.9. The molecule has 1 aliphatic rings. The van der Waals surface area contributed by atoms with Crippen LogP contribution >= 0.6 is 15.9 Å². The van der Waals surface area contributed by atoms with E-state index in [0.29, 0.717) is 37.4 Å². The molecule has 0 aliphatic carbocycles. The Kier molecular flexibility index (Phi) is 4.61. The molecule has 0 N–H and O–H groups in total. The third-order valence-electron chi connectivity index (χ3n) is 3.91. The van der Waals surface area contributed by atoms with E-state index < -0.39 is 11.6 Å². The van der Waals surface area contributed by atoms with Crippen LogP contribution in [0.1, 0.15) is 10.4 Å². The van der Waals surface area contributed by atoms with Gasteiger partial charge in [0, 0.05) is 48.0 Å². The topological polar surface area (TPSA) is 23.6 Å². The molecule has 6 heteroatoms. The zero-order valence-electron chi connectivity index (χ0n) is 12.3. The average molecular weight is 381 g/mol. The van der Waals surface area contributed by atoms with Crippen LogP contribution in [0.4, 0.5) is 14.5 Å². The van der Waals surface area contributed by atoms with Gasteiger partial charge in [-0.15, -0.1) is 0 Å². The number of hydrogen-bond acceptors (Lipinski definition) is 2. The van der Waals surface area contributed by atoms with Gasteiger partial charge in [0.15, 0.2) is 11.6 Å². The van der Waals surface area contributed by atoms with Crippen LogP contribution in [0.5, 0.6) is 0 Å². The zero-order valence-corrected chi connectivity index (χ0v) is 13.9. The summed E-state index contributed by atoms with van der Waals surface area (Å²) in [5, 5.41) is 0. The van der Waals surface area contributed by atoms with Gasteiger partial charge < -0.3 is 9.80 Å². The lowest BCUT2D eigenvalue weighted by molar-refractivity contribution is 0.0746. The van der Waals surface area contributed by atoms with Crippen molar-refractivity contribution in [1.29, 1.82) is 0 Å². The van der Waals surface area contributed by atoms with Crippen molar-refractivity contribution in [2.75, 3.05) is 31.1 Å². The Bertz CT molecular complexity index is 730. The summed E-state index contributed by atoms with van der Waals surface area (Å²) < 4.78 is 27.2. The van der Waals surface area contributed by atoms with E-state index >= 15 is 0 Å². The van der Waals surface area contributed by atoms with Gasteiger partial charge >= 0.3 is 0 Å². The molecular weight excluding hydrogens is 366 g/mol. The normalized spacial score (nSPS) is 14.9. The Morgan fingerprint density at radius 2 is 1.70 bits per heavy atom. The van der Waals surface area contributed by atoms with Crippen molar-refractivity contribution in [1.82, 2.24) is 4.90 Å². The number of carbonyl (C=O) groups excluding carboxylic acids is 1. The van der Waals surface area contributed by atoms with Gasteiger partial charge in [0.1, 0.15) is 0 Å². The average Bonchev–Trinajstić information content (AvgIpc) is 2.57. The minimum absolute atomic E-state index is 0.0174. The van der Waals surface area contributed by atoms with E-state index in [0.717, 1.165) is 10.5 Å². The first-order valence-corrected chi connectivity index (χ1v) is 8.09. The van der Waals surface area contributed by atoms with Gasteiger partial charge in [0.2, 0.25) is 0 Å². The maximum Gasteiger partial charge on any atom is 0.254 e. The third kappa shape index (κ3) is 3.52. The second kappa shape index (κ2) is 6.66. The van der Waals surface area contributed by atoms with Crippen molar-refractivity contribution in [3.63, 3.8) is 0 Å². The predicted molar refractivity (Wildman–Crippen MR) is 88.6 cm³/mol. The monoisotopic (exact) mass is 380 g/mol. The Balaban J connectivity index is 1.66. The van der Waals surface area contributed by atoms with Crippen molar-refractivity contribution in [2.24, 2.45) is 0 Å². The minimum Gasteiger partial charge on any atom is -0.368 e. The van der Waals surface area contributed by atoms with Gasteiger partial charge in [0.25, 0.3) is 5.91 Å². The lowest BCUT2D eigenvalue weighted by atomic mass is 10.1. The number of piperazine rings is 1. The van der Waals surface area contributed by atoms with E-state index in [9.17, 15) is 13.6 Å². The first-order valence-electron chi connectivity index (χ1n) is 7.29. The Hall–Kier alpha value is -1.95. The van der Waals surface area contributed by atoms with Crippen molar-refractivity contribution >= 4 is 27.5 Å².